The number of likely N-dealkylation sites (N-methyl/N-ethyl adjacent to an activating group) is 1. The van der Waals surface area contributed by atoms with Crippen molar-refractivity contribution in [3.8, 4) is 0 Å². The van der Waals surface area contributed by atoms with Gasteiger partial charge >= 0.3 is 0 Å². The van der Waals surface area contributed by atoms with Gasteiger partial charge in [-0.3, -0.25) is 0 Å². The van der Waals surface area contributed by atoms with E-state index in [0.717, 1.165) is 12.8 Å². The number of hydrogen-bond acceptors (Lipinski definition) is 3. The molecule has 0 spiro atoms. The Hall–Kier alpha value is -0.330. The van der Waals surface area contributed by atoms with Gasteiger partial charge in [0.15, 0.2) is 0 Å². The van der Waals surface area contributed by atoms with Crippen molar-refractivity contribution >= 4 is 33.2 Å². The normalized spacial score (nSPS) is 20.1. The van der Waals surface area contributed by atoms with Gasteiger partial charge in [-0.05, 0) is 31.0 Å². The van der Waals surface area contributed by atoms with Crippen molar-refractivity contribution in [2.45, 2.75) is 23.8 Å². The van der Waals surface area contributed by atoms with E-state index < -0.39 is 10.0 Å². The lowest BCUT2D eigenvalue weighted by molar-refractivity contribution is 0.0979. The van der Waals surface area contributed by atoms with Crippen LogP contribution in [0.1, 0.15) is 12.8 Å². The Morgan fingerprint density at radius 3 is 2.68 bits per heavy atom. The summed E-state index contributed by atoms with van der Waals surface area (Å²) >= 11 is 11.6. The molecule has 1 fully saturated rings. The molecule has 19 heavy (non-hydrogen) atoms. The molecule has 1 aromatic carbocycles. The van der Waals surface area contributed by atoms with E-state index in [9.17, 15) is 8.42 Å². The SMILES string of the molecule is CN(CC1CCCO1)S(=O)(=O)c1ccc(Cl)c(Cl)c1. The number of nitrogens with zero attached hydrogens (tertiary/aromatic N) is 1. The van der Waals surface area contributed by atoms with E-state index in [0.29, 0.717) is 18.2 Å². The quantitative estimate of drug-likeness (QED) is 0.856. The molecule has 7 heteroatoms. The van der Waals surface area contributed by atoms with Gasteiger partial charge in [-0.15, -0.1) is 0 Å². The second-order valence-electron chi connectivity index (χ2n) is 4.50. The van der Waals surface area contributed by atoms with E-state index in [1.807, 2.05) is 0 Å². The minimum absolute atomic E-state index is 0.0254. The van der Waals surface area contributed by atoms with E-state index in [-0.39, 0.29) is 16.0 Å². The number of hydrogen-bond donors (Lipinski definition) is 0. The molecule has 0 amide bonds. The van der Waals surface area contributed by atoms with E-state index in [1.54, 1.807) is 7.05 Å². The van der Waals surface area contributed by atoms with Gasteiger partial charge in [-0.25, -0.2) is 8.42 Å². The predicted molar refractivity (Wildman–Crippen MR) is 75.3 cm³/mol. The predicted octanol–water partition coefficient (Wildman–Crippen LogP) is 2.79. The summed E-state index contributed by atoms with van der Waals surface area (Å²) in [5, 5.41) is 0.565. The topological polar surface area (TPSA) is 46.6 Å². The number of halogens is 2. The van der Waals surface area contributed by atoms with Gasteiger partial charge in [0, 0.05) is 20.2 Å². The Labute approximate surface area is 123 Å². The number of rotatable bonds is 4. The standard InChI is InChI=1S/C12H15Cl2NO3S/c1-15(8-9-3-2-6-18-9)19(16,17)10-4-5-11(13)12(14)7-10/h4-5,7,9H,2-3,6,8H2,1H3. The van der Waals surface area contributed by atoms with Crippen molar-refractivity contribution < 1.29 is 13.2 Å². The zero-order valence-corrected chi connectivity index (χ0v) is 12.8. The molecule has 0 N–H and O–H groups in total. The average molecular weight is 324 g/mol. The summed E-state index contributed by atoms with van der Waals surface area (Å²) in [6, 6.07) is 4.30. The number of sulfonamides is 1. The fourth-order valence-corrected chi connectivity index (χ4v) is 3.58. The molecule has 0 saturated carbocycles. The molecule has 0 bridgehead atoms. The molecule has 1 aliphatic heterocycles. The monoisotopic (exact) mass is 323 g/mol. The molecule has 2 rings (SSSR count). The van der Waals surface area contributed by atoms with Crippen molar-refractivity contribution in [1.29, 1.82) is 0 Å². The lowest BCUT2D eigenvalue weighted by Gasteiger charge is -2.20. The zero-order valence-electron chi connectivity index (χ0n) is 10.5. The van der Waals surface area contributed by atoms with Crippen LogP contribution in [-0.4, -0.2) is 39.0 Å². The van der Waals surface area contributed by atoms with Gasteiger partial charge in [0.05, 0.1) is 21.0 Å². The zero-order chi connectivity index (χ0) is 14.0. The van der Waals surface area contributed by atoms with E-state index >= 15 is 0 Å². The maximum Gasteiger partial charge on any atom is 0.242 e. The Kier molecular flexibility index (Phi) is 4.74. The highest BCUT2D eigenvalue weighted by Gasteiger charge is 2.26. The van der Waals surface area contributed by atoms with E-state index in [4.69, 9.17) is 27.9 Å². The highest BCUT2D eigenvalue weighted by atomic mass is 35.5. The van der Waals surface area contributed by atoms with Crippen molar-refractivity contribution in [3.63, 3.8) is 0 Å². The summed E-state index contributed by atoms with van der Waals surface area (Å²) in [5.41, 5.74) is 0. The van der Waals surface area contributed by atoms with Gasteiger partial charge in [0.25, 0.3) is 0 Å². The maximum atomic E-state index is 12.4. The van der Waals surface area contributed by atoms with Crippen LogP contribution in [0.15, 0.2) is 23.1 Å². The Morgan fingerprint density at radius 2 is 2.11 bits per heavy atom. The van der Waals surface area contributed by atoms with Crippen LogP contribution in [0, 0.1) is 0 Å². The second kappa shape index (κ2) is 5.97. The summed E-state index contributed by atoms with van der Waals surface area (Å²) in [7, 11) is -2.01. The molecule has 1 heterocycles. The smallest absolute Gasteiger partial charge is 0.242 e. The van der Waals surface area contributed by atoms with Crippen LogP contribution in [0.25, 0.3) is 0 Å². The lowest BCUT2D eigenvalue weighted by atomic mass is 10.2. The van der Waals surface area contributed by atoms with Gasteiger partial charge < -0.3 is 4.74 Å². The van der Waals surface area contributed by atoms with Crippen LogP contribution < -0.4 is 0 Å². The Balaban J connectivity index is 2.18. The largest absolute Gasteiger partial charge is 0.377 e. The Bertz CT molecular complexity index is 556. The molecule has 1 unspecified atom stereocenters. The summed E-state index contributed by atoms with van der Waals surface area (Å²) < 4.78 is 31.4. The molecule has 1 aromatic rings. The molecule has 106 valence electrons. The molecule has 4 nitrogen and oxygen atoms in total. The fraction of sp³-hybridized carbons (Fsp3) is 0.500. The van der Waals surface area contributed by atoms with Crippen LogP contribution in [0.2, 0.25) is 10.0 Å². The van der Waals surface area contributed by atoms with Crippen LogP contribution in [0.4, 0.5) is 0 Å². The molecule has 1 saturated heterocycles. The maximum absolute atomic E-state index is 12.4. The summed E-state index contributed by atoms with van der Waals surface area (Å²) in [5.74, 6) is 0. The van der Waals surface area contributed by atoms with Crippen molar-refractivity contribution in [2.75, 3.05) is 20.2 Å². The minimum Gasteiger partial charge on any atom is -0.377 e. The van der Waals surface area contributed by atoms with E-state index in [1.165, 1.54) is 22.5 Å². The highest BCUT2D eigenvalue weighted by molar-refractivity contribution is 7.89. The number of ether oxygens (including phenoxy) is 1. The third-order valence-electron chi connectivity index (χ3n) is 3.08. The van der Waals surface area contributed by atoms with Crippen molar-refractivity contribution in [3.05, 3.63) is 28.2 Å². The van der Waals surface area contributed by atoms with E-state index in [2.05, 4.69) is 0 Å². The minimum atomic E-state index is -3.56. The third-order valence-corrected chi connectivity index (χ3v) is 5.64. The van der Waals surface area contributed by atoms with Crippen molar-refractivity contribution in [2.24, 2.45) is 0 Å². The molecule has 1 aliphatic rings. The average Bonchev–Trinajstić information content (AvgIpc) is 2.85. The van der Waals surface area contributed by atoms with Crippen LogP contribution in [0.3, 0.4) is 0 Å². The first-order chi connectivity index (χ1) is 8.91. The molecular weight excluding hydrogens is 309 g/mol. The van der Waals surface area contributed by atoms with Crippen LogP contribution >= 0.6 is 23.2 Å². The first kappa shape index (κ1) is 15.1. The van der Waals surface area contributed by atoms with Crippen LogP contribution in [0.5, 0.6) is 0 Å². The first-order valence-electron chi connectivity index (χ1n) is 5.94. The summed E-state index contributed by atoms with van der Waals surface area (Å²) in [4.78, 5) is 0.141. The molecule has 0 aromatic heterocycles. The highest BCUT2D eigenvalue weighted by Crippen LogP contribution is 2.26. The molecule has 0 aliphatic carbocycles. The first-order valence-corrected chi connectivity index (χ1v) is 8.14. The molecule has 1 atom stereocenters. The molecule has 0 radical (unpaired) electrons. The van der Waals surface area contributed by atoms with Gasteiger partial charge in [0.2, 0.25) is 10.0 Å². The van der Waals surface area contributed by atoms with Gasteiger partial charge in [-0.1, -0.05) is 23.2 Å². The third kappa shape index (κ3) is 3.41. The summed E-state index contributed by atoms with van der Waals surface area (Å²) in [6.07, 6.45) is 1.84. The van der Waals surface area contributed by atoms with Gasteiger partial charge in [0.1, 0.15) is 0 Å². The van der Waals surface area contributed by atoms with Crippen LogP contribution in [-0.2, 0) is 14.8 Å². The summed E-state index contributed by atoms with van der Waals surface area (Å²) in [6.45, 7) is 1.05. The van der Waals surface area contributed by atoms with Gasteiger partial charge in [-0.2, -0.15) is 4.31 Å². The second-order valence-corrected chi connectivity index (χ2v) is 7.36. The van der Waals surface area contributed by atoms with Crippen molar-refractivity contribution in [1.82, 2.24) is 4.31 Å². The lowest BCUT2D eigenvalue weighted by Crippen LogP contribution is -2.34. The fourth-order valence-electron chi connectivity index (χ4n) is 1.99. The Morgan fingerprint density at radius 1 is 1.37 bits per heavy atom. The molecular formula is C12H15Cl2NO3S. The number of benzene rings is 1.